The Kier molecular flexibility index (Phi) is 3.64. The number of anilines is 1. The summed E-state index contributed by atoms with van der Waals surface area (Å²) in [6, 6.07) is 7.36. The zero-order chi connectivity index (χ0) is 11.4. The molecular formula is C11H10ClN3S. The monoisotopic (exact) mass is 251 g/mol. The topological polar surface area (TPSA) is 51.8 Å². The molecule has 0 aliphatic rings. The zero-order valence-electron chi connectivity index (χ0n) is 8.43. The number of halogens is 1. The summed E-state index contributed by atoms with van der Waals surface area (Å²) in [5.41, 5.74) is 7.45. The summed E-state index contributed by atoms with van der Waals surface area (Å²) >= 11 is 7.67. The fourth-order valence-corrected chi connectivity index (χ4v) is 2.31. The van der Waals surface area contributed by atoms with E-state index in [-0.39, 0.29) is 0 Å². The van der Waals surface area contributed by atoms with Crippen LogP contribution in [0.1, 0.15) is 5.56 Å². The van der Waals surface area contributed by atoms with Gasteiger partial charge in [-0.15, -0.1) is 11.8 Å². The summed E-state index contributed by atoms with van der Waals surface area (Å²) in [4.78, 5) is 7.98. The van der Waals surface area contributed by atoms with Crippen molar-refractivity contribution in [2.24, 2.45) is 0 Å². The van der Waals surface area contributed by atoms with Crippen LogP contribution in [0.5, 0.6) is 0 Å². The van der Waals surface area contributed by atoms with E-state index < -0.39 is 0 Å². The summed E-state index contributed by atoms with van der Waals surface area (Å²) in [7, 11) is 0. The van der Waals surface area contributed by atoms with Crippen molar-refractivity contribution in [1.82, 2.24) is 9.97 Å². The van der Waals surface area contributed by atoms with E-state index in [1.54, 1.807) is 24.0 Å². The van der Waals surface area contributed by atoms with Gasteiger partial charge >= 0.3 is 0 Å². The maximum absolute atomic E-state index is 6.06. The first-order valence-electron chi connectivity index (χ1n) is 4.68. The van der Waals surface area contributed by atoms with Gasteiger partial charge in [-0.25, -0.2) is 9.97 Å². The van der Waals surface area contributed by atoms with Gasteiger partial charge in [-0.05, 0) is 29.8 Å². The molecule has 1 aromatic carbocycles. The molecule has 2 N–H and O–H groups in total. The summed E-state index contributed by atoms with van der Waals surface area (Å²) in [5, 5.41) is 1.66. The Morgan fingerprint density at radius 3 is 2.94 bits per heavy atom. The number of benzene rings is 1. The van der Waals surface area contributed by atoms with Gasteiger partial charge in [0.25, 0.3) is 0 Å². The van der Waals surface area contributed by atoms with Crippen molar-refractivity contribution >= 4 is 29.1 Å². The van der Waals surface area contributed by atoms with Crippen molar-refractivity contribution in [2.45, 2.75) is 10.8 Å². The number of rotatable bonds is 3. The van der Waals surface area contributed by atoms with Crippen molar-refractivity contribution < 1.29 is 0 Å². The van der Waals surface area contributed by atoms with Gasteiger partial charge in [-0.3, -0.25) is 0 Å². The lowest BCUT2D eigenvalue weighted by Crippen LogP contribution is -1.89. The van der Waals surface area contributed by atoms with Crippen molar-refractivity contribution in [1.29, 1.82) is 0 Å². The van der Waals surface area contributed by atoms with Crippen LogP contribution in [0.3, 0.4) is 0 Å². The number of hydrogen-bond donors (Lipinski definition) is 1. The molecule has 0 amide bonds. The van der Waals surface area contributed by atoms with E-state index >= 15 is 0 Å². The first-order chi connectivity index (χ1) is 7.75. The maximum atomic E-state index is 6.06. The highest BCUT2D eigenvalue weighted by Gasteiger charge is 2.02. The van der Waals surface area contributed by atoms with Crippen LogP contribution in [-0.2, 0) is 5.75 Å². The highest BCUT2D eigenvalue weighted by molar-refractivity contribution is 7.98. The molecular weight excluding hydrogens is 242 g/mol. The first-order valence-corrected chi connectivity index (χ1v) is 6.05. The summed E-state index contributed by atoms with van der Waals surface area (Å²) in [6.45, 7) is 0. The smallest absolute Gasteiger partial charge is 0.116 e. The highest BCUT2D eigenvalue weighted by Crippen LogP contribution is 2.26. The Bertz CT molecular complexity index is 476. The largest absolute Gasteiger partial charge is 0.399 e. The third kappa shape index (κ3) is 2.87. The number of thioether (sulfide) groups is 1. The average molecular weight is 252 g/mol. The number of aromatic nitrogens is 2. The normalized spacial score (nSPS) is 10.3. The highest BCUT2D eigenvalue weighted by atomic mass is 35.5. The SMILES string of the molecule is Nc1ccc(Cl)c(CSc2ccncn2)c1. The predicted octanol–water partition coefficient (Wildman–Crippen LogP) is 3.00. The maximum Gasteiger partial charge on any atom is 0.116 e. The lowest BCUT2D eigenvalue weighted by atomic mass is 10.2. The van der Waals surface area contributed by atoms with Gasteiger partial charge in [-0.1, -0.05) is 11.6 Å². The molecule has 3 nitrogen and oxygen atoms in total. The van der Waals surface area contributed by atoms with Gasteiger partial charge in [0.2, 0.25) is 0 Å². The van der Waals surface area contributed by atoms with Crippen molar-refractivity contribution in [3.05, 3.63) is 47.4 Å². The van der Waals surface area contributed by atoms with Gasteiger partial charge in [0.05, 0.1) is 5.03 Å². The lowest BCUT2D eigenvalue weighted by molar-refractivity contribution is 1.05. The van der Waals surface area contributed by atoms with Gasteiger partial charge in [-0.2, -0.15) is 0 Å². The molecule has 2 rings (SSSR count). The van der Waals surface area contributed by atoms with E-state index in [0.717, 1.165) is 27.1 Å². The number of hydrogen-bond acceptors (Lipinski definition) is 4. The molecule has 0 unspecified atom stereocenters. The third-order valence-electron chi connectivity index (χ3n) is 2.00. The second kappa shape index (κ2) is 5.18. The van der Waals surface area contributed by atoms with Crippen LogP contribution in [0.2, 0.25) is 5.02 Å². The van der Waals surface area contributed by atoms with Crippen molar-refractivity contribution in [3.8, 4) is 0 Å². The Labute approximate surface area is 103 Å². The first kappa shape index (κ1) is 11.2. The molecule has 0 fully saturated rings. The van der Waals surface area contributed by atoms with E-state index in [9.17, 15) is 0 Å². The second-order valence-electron chi connectivity index (χ2n) is 3.19. The van der Waals surface area contributed by atoms with Crippen LogP contribution in [0, 0.1) is 0 Å². The van der Waals surface area contributed by atoms with Gasteiger partial charge < -0.3 is 5.73 Å². The molecule has 5 heteroatoms. The molecule has 0 aliphatic heterocycles. The Morgan fingerprint density at radius 1 is 1.31 bits per heavy atom. The minimum absolute atomic E-state index is 0.725. The van der Waals surface area contributed by atoms with E-state index in [0.29, 0.717) is 0 Å². The van der Waals surface area contributed by atoms with E-state index in [4.69, 9.17) is 17.3 Å². The van der Waals surface area contributed by atoms with Crippen LogP contribution < -0.4 is 5.73 Å². The van der Waals surface area contributed by atoms with Gasteiger partial charge in [0, 0.05) is 22.7 Å². The Balaban J connectivity index is 2.08. The fourth-order valence-electron chi connectivity index (χ4n) is 1.22. The van der Waals surface area contributed by atoms with E-state index in [2.05, 4.69) is 9.97 Å². The molecule has 0 radical (unpaired) electrons. The molecule has 0 saturated heterocycles. The quantitative estimate of drug-likeness (QED) is 0.518. The number of nitrogens with zero attached hydrogens (tertiary/aromatic N) is 2. The number of nitrogens with two attached hydrogens (primary N) is 1. The minimum atomic E-state index is 0.725. The fraction of sp³-hybridized carbons (Fsp3) is 0.0909. The van der Waals surface area contributed by atoms with Crippen LogP contribution in [0.4, 0.5) is 5.69 Å². The molecule has 0 aliphatic carbocycles. The van der Waals surface area contributed by atoms with E-state index in [1.807, 2.05) is 18.2 Å². The lowest BCUT2D eigenvalue weighted by Gasteiger charge is -2.04. The minimum Gasteiger partial charge on any atom is -0.399 e. The van der Waals surface area contributed by atoms with E-state index in [1.165, 1.54) is 6.33 Å². The summed E-state index contributed by atoms with van der Waals surface area (Å²) in [6.07, 6.45) is 3.25. The Hall–Kier alpha value is -1.26. The van der Waals surface area contributed by atoms with Gasteiger partial charge in [0.15, 0.2) is 0 Å². The summed E-state index contributed by atoms with van der Waals surface area (Å²) in [5.74, 6) is 0.751. The third-order valence-corrected chi connectivity index (χ3v) is 3.36. The van der Waals surface area contributed by atoms with Crippen LogP contribution in [0.15, 0.2) is 41.8 Å². The molecule has 0 saturated carbocycles. The standard InChI is InChI=1S/C11H10ClN3S/c12-10-2-1-9(13)5-8(10)6-16-11-3-4-14-7-15-11/h1-5,7H,6,13H2. The molecule has 0 atom stereocenters. The predicted molar refractivity (Wildman–Crippen MR) is 67.5 cm³/mol. The Morgan fingerprint density at radius 2 is 2.19 bits per heavy atom. The molecule has 2 aromatic rings. The van der Waals surface area contributed by atoms with Crippen LogP contribution >= 0.6 is 23.4 Å². The molecule has 0 spiro atoms. The van der Waals surface area contributed by atoms with Crippen molar-refractivity contribution in [3.63, 3.8) is 0 Å². The van der Waals surface area contributed by atoms with Crippen LogP contribution in [0.25, 0.3) is 0 Å². The van der Waals surface area contributed by atoms with Crippen LogP contribution in [-0.4, -0.2) is 9.97 Å². The summed E-state index contributed by atoms with van der Waals surface area (Å²) < 4.78 is 0. The molecule has 16 heavy (non-hydrogen) atoms. The molecule has 82 valence electrons. The second-order valence-corrected chi connectivity index (χ2v) is 4.59. The molecule has 0 bridgehead atoms. The average Bonchev–Trinajstić information content (AvgIpc) is 2.32. The molecule has 1 heterocycles. The number of nitrogen functional groups attached to an aromatic ring is 1. The van der Waals surface area contributed by atoms with Gasteiger partial charge in [0.1, 0.15) is 6.33 Å². The zero-order valence-corrected chi connectivity index (χ0v) is 10.0. The molecule has 1 aromatic heterocycles. The van der Waals surface area contributed by atoms with Crippen molar-refractivity contribution in [2.75, 3.05) is 5.73 Å².